The lowest BCUT2D eigenvalue weighted by Gasteiger charge is -2.40. The van der Waals surface area contributed by atoms with Gasteiger partial charge in [0.1, 0.15) is 17.1 Å². The lowest BCUT2D eigenvalue weighted by Crippen LogP contribution is -2.50. The van der Waals surface area contributed by atoms with E-state index in [1.807, 2.05) is 82.3 Å². The van der Waals surface area contributed by atoms with E-state index in [2.05, 4.69) is 19.2 Å². The van der Waals surface area contributed by atoms with Gasteiger partial charge in [-0.3, -0.25) is 4.99 Å². The van der Waals surface area contributed by atoms with Crippen molar-refractivity contribution in [1.82, 2.24) is 9.62 Å². The lowest BCUT2D eigenvalue weighted by molar-refractivity contribution is 0.268. The Bertz CT molecular complexity index is 1550. The molecule has 1 aliphatic rings. The van der Waals surface area contributed by atoms with Crippen molar-refractivity contribution < 1.29 is 13.2 Å². The van der Waals surface area contributed by atoms with E-state index in [4.69, 9.17) is 32.9 Å². The van der Waals surface area contributed by atoms with Crippen LogP contribution in [0, 0.1) is 0 Å². The number of nitrogens with one attached hydrogen (secondary N) is 1. The van der Waals surface area contributed by atoms with Crippen LogP contribution in [-0.4, -0.2) is 39.3 Å². The average Bonchev–Trinajstić information content (AvgIpc) is 3.16. The summed E-state index contributed by atoms with van der Waals surface area (Å²) in [6.45, 7) is 12.4. The number of amidine groups is 1. The van der Waals surface area contributed by atoms with Crippen molar-refractivity contribution in [3.05, 3.63) is 93.0 Å². The van der Waals surface area contributed by atoms with Crippen LogP contribution in [0.15, 0.2) is 70.6 Å². The van der Waals surface area contributed by atoms with Crippen molar-refractivity contribution in [1.29, 1.82) is 0 Å². The van der Waals surface area contributed by atoms with Crippen LogP contribution in [-0.2, 0) is 26.5 Å². The number of aliphatic imine (C=N–C) groups is 1. The predicted molar refractivity (Wildman–Crippen MR) is 164 cm³/mol. The molecule has 214 valence electrons. The first-order valence-corrected chi connectivity index (χ1v) is 15.4. The number of nitrogens with zero attached hydrogens (tertiary/aromatic N) is 2. The van der Waals surface area contributed by atoms with Crippen molar-refractivity contribution in [3.8, 4) is 5.75 Å². The smallest absolute Gasteiger partial charge is 0.242 e. The maximum Gasteiger partial charge on any atom is 0.242 e. The highest BCUT2D eigenvalue weighted by Crippen LogP contribution is 2.49. The van der Waals surface area contributed by atoms with Gasteiger partial charge in [0.2, 0.25) is 10.0 Å². The molecule has 0 saturated heterocycles. The summed E-state index contributed by atoms with van der Waals surface area (Å²) in [6.07, 6.45) is 0. The zero-order valence-corrected chi connectivity index (χ0v) is 26.6. The molecule has 4 rings (SSSR count). The second-order valence-corrected chi connectivity index (χ2v) is 14.6. The summed E-state index contributed by atoms with van der Waals surface area (Å²) in [6, 6.07) is 18.9. The molecule has 0 bridgehead atoms. The van der Waals surface area contributed by atoms with E-state index in [0.717, 1.165) is 11.1 Å². The fourth-order valence-electron chi connectivity index (χ4n) is 5.13. The fraction of sp³-hybridized carbons (Fsp3) is 0.387. The van der Waals surface area contributed by atoms with Crippen LogP contribution in [0.25, 0.3) is 0 Å². The molecule has 0 unspecified atom stereocenters. The Balaban J connectivity index is 2.03. The topological polar surface area (TPSA) is 71.0 Å². The van der Waals surface area contributed by atoms with E-state index in [1.54, 1.807) is 20.2 Å². The molecule has 1 aliphatic heterocycles. The van der Waals surface area contributed by atoms with E-state index in [9.17, 15) is 8.42 Å². The lowest BCUT2D eigenvalue weighted by atomic mass is 9.72. The van der Waals surface area contributed by atoms with Gasteiger partial charge in [0, 0.05) is 24.1 Å². The van der Waals surface area contributed by atoms with Gasteiger partial charge >= 0.3 is 0 Å². The normalized spacial score (nSPS) is 21.3. The second-order valence-electron chi connectivity index (χ2n) is 11.6. The highest BCUT2D eigenvalue weighted by atomic mass is 35.5. The number of benzene rings is 3. The molecular formula is C31H37Cl2N3O3S. The molecule has 9 heteroatoms. The van der Waals surface area contributed by atoms with Crippen molar-refractivity contribution in [2.75, 3.05) is 20.7 Å². The van der Waals surface area contributed by atoms with Gasteiger partial charge in [-0.15, -0.1) is 0 Å². The summed E-state index contributed by atoms with van der Waals surface area (Å²) >= 11 is 12.5. The number of hydrogen-bond acceptors (Lipinski definition) is 5. The molecule has 0 saturated carbocycles. The quantitative estimate of drug-likeness (QED) is 0.313. The molecule has 0 spiro atoms. The molecule has 40 heavy (non-hydrogen) atoms. The van der Waals surface area contributed by atoms with E-state index in [-0.39, 0.29) is 4.90 Å². The molecule has 1 N–H and O–H groups in total. The number of hydrogen-bond donors (Lipinski definition) is 1. The number of rotatable bonds is 7. The van der Waals surface area contributed by atoms with Gasteiger partial charge in [-0.1, -0.05) is 68.2 Å². The largest absolute Gasteiger partial charge is 0.493 e. The van der Waals surface area contributed by atoms with Crippen molar-refractivity contribution in [3.63, 3.8) is 0 Å². The first-order chi connectivity index (χ1) is 18.5. The fourth-order valence-corrected chi connectivity index (χ4v) is 6.68. The summed E-state index contributed by atoms with van der Waals surface area (Å²) < 4.78 is 34.6. The van der Waals surface area contributed by atoms with Gasteiger partial charge in [0.25, 0.3) is 0 Å². The summed E-state index contributed by atoms with van der Waals surface area (Å²) in [5.41, 5.74) is 1.19. The first kappa shape index (κ1) is 30.4. The van der Waals surface area contributed by atoms with Gasteiger partial charge in [-0.25, -0.2) is 12.7 Å². The molecule has 6 nitrogen and oxygen atoms in total. The van der Waals surface area contributed by atoms with Gasteiger partial charge in [0.15, 0.2) is 0 Å². The number of ether oxygens (including phenoxy) is 1. The third kappa shape index (κ3) is 5.25. The molecule has 2 atom stereocenters. The van der Waals surface area contributed by atoms with E-state index in [0.29, 0.717) is 39.4 Å². The van der Waals surface area contributed by atoms with E-state index < -0.39 is 26.5 Å². The van der Waals surface area contributed by atoms with Crippen LogP contribution in [0.2, 0.25) is 10.0 Å². The van der Waals surface area contributed by atoms with Crippen molar-refractivity contribution >= 4 is 39.1 Å². The summed E-state index contributed by atoms with van der Waals surface area (Å²) in [5, 5.41) is 4.94. The molecular weight excluding hydrogens is 565 g/mol. The van der Waals surface area contributed by atoms with Gasteiger partial charge in [-0.05, 0) is 79.3 Å². The molecule has 0 aromatic heterocycles. The molecule has 0 fully saturated rings. The van der Waals surface area contributed by atoms with Crippen LogP contribution in [0.5, 0.6) is 5.75 Å². The summed E-state index contributed by atoms with van der Waals surface area (Å²) in [7, 11) is -0.700. The van der Waals surface area contributed by atoms with Crippen molar-refractivity contribution in [2.45, 2.75) is 62.9 Å². The van der Waals surface area contributed by atoms with Gasteiger partial charge in [0.05, 0.1) is 22.6 Å². The zero-order chi connectivity index (χ0) is 29.7. The highest BCUT2D eigenvalue weighted by molar-refractivity contribution is 7.89. The molecule has 0 radical (unpaired) electrons. The SMILES string of the molecule is CCOc1cc(C(C)(C)C)c(S(=O)(=O)N(C)C)cc1C1=N[C@](C)(c2ccc(Cl)cc2)[C@](C)(c2ccc(Cl)cc2)N1. The molecule has 0 aliphatic carbocycles. The maximum absolute atomic E-state index is 13.6. The second kappa shape index (κ2) is 10.7. The van der Waals surface area contributed by atoms with Gasteiger partial charge < -0.3 is 10.1 Å². The number of sulfonamides is 1. The molecule has 0 amide bonds. The standard InChI is InChI=1S/C31H37Cl2N3O3S/c1-9-39-26-19-25(29(2,3)4)27(40(37,38)36(7)8)18-24(26)28-34-30(5,20-10-14-22(32)15-11-20)31(6,35-28)21-12-16-23(33)17-13-21/h10-19H,9H2,1-8H3,(H,34,35)/t30-,31+. The van der Waals surface area contributed by atoms with E-state index >= 15 is 0 Å². The van der Waals surface area contributed by atoms with Crippen LogP contribution >= 0.6 is 23.2 Å². The minimum absolute atomic E-state index is 0.223. The maximum atomic E-state index is 13.6. The van der Waals surface area contributed by atoms with Crippen LogP contribution in [0.3, 0.4) is 0 Å². The van der Waals surface area contributed by atoms with Gasteiger partial charge in [-0.2, -0.15) is 0 Å². The average molecular weight is 603 g/mol. The molecule has 3 aromatic rings. The summed E-state index contributed by atoms with van der Waals surface area (Å²) in [5.74, 6) is 1.10. The Morgan fingerprint density at radius 2 is 1.45 bits per heavy atom. The Labute approximate surface area is 248 Å². The Morgan fingerprint density at radius 3 is 1.93 bits per heavy atom. The zero-order valence-electron chi connectivity index (χ0n) is 24.3. The predicted octanol–water partition coefficient (Wildman–Crippen LogP) is 7.12. The van der Waals surface area contributed by atoms with Crippen LogP contribution < -0.4 is 10.1 Å². The van der Waals surface area contributed by atoms with Crippen LogP contribution in [0.1, 0.15) is 63.8 Å². The van der Waals surface area contributed by atoms with Crippen LogP contribution in [0.4, 0.5) is 0 Å². The Hall–Kier alpha value is -2.58. The highest BCUT2D eigenvalue weighted by Gasteiger charge is 2.52. The monoisotopic (exact) mass is 601 g/mol. The third-order valence-corrected chi connectivity index (χ3v) is 10.1. The van der Waals surface area contributed by atoms with E-state index in [1.165, 1.54) is 4.31 Å². The number of halogens is 2. The molecule has 1 heterocycles. The first-order valence-electron chi connectivity index (χ1n) is 13.2. The third-order valence-electron chi connectivity index (χ3n) is 7.71. The minimum Gasteiger partial charge on any atom is -0.493 e. The molecule has 3 aromatic carbocycles. The Morgan fingerprint density at radius 1 is 0.925 bits per heavy atom. The van der Waals surface area contributed by atoms with Crippen molar-refractivity contribution in [2.24, 2.45) is 4.99 Å². The summed E-state index contributed by atoms with van der Waals surface area (Å²) in [4.78, 5) is 5.51. The minimum atomic E-state index is -3.78. The Kier molecular flexibility index (Phi) is 8.11.